The van der Waals surface area contributed by atoms with Gasteiger partial charge >= 0.3 is 5.97 Å². The molecule has 0 saturated heterocycles. The van der Waals surface area contributed by atoms with Gasteiger partial charge < -0.3 is 10.8 Å². The zero-order valence-corrected chi connectivity index (χ0v) is 10.4. The lowest BCUT2D eigenvalue weighted by Gasteiger charge is -2.29. The van der Waals surface area contributed by atoms with Crippen molar-refractivity contribution in [3.8, 4) is 0 Å². The Balaban J connectivity index is 2.58. The van der Waals surface area contributed by atoms with E-state index in [0.717, 1.165) is 6.42 Å². The summed E-state index contributed by atoms with van der Waals surface area (Å²) in [5, 5.41) is 11.0. The minimum absolute atomic E-state index is 0.139. The zero-order valence-electron chi connectivity index (χ0n) is 9.59. The summed E-state index contributed by atoms with van der Waals surface area (Å²) in [5.74, 6) is -0.858. The number of nitrogens with zero attached hydrogens (tertiary/aromatic N) is 1. The number of likely N-dealkylation sites (N-methyl/N-ethyl adjacent to an activating group) is 1. The van der Waals surface area contributed by atoms with E-state index in [1.807, 2.05) is 30.3 Å². The van der Waals surface area contributed by atoms with Gasteiger partial charge in [-0.15, -0.1) is 11.3 Å². The van der Waals surface area contributed by atoms with E-state index < -0.39 is 12.0 Å². The highest BCUT2D eigenvalue weighted by molar-refractivity contribution is 7.09. The SMILES string of the molecule is CC(Cc1cccs1)N(C)C(CN)C(=O)O. The summed E-state index contributed by atoms with van der Waals surface area (Å²) in [6, 6.07) is 3.63. The molecule has 0 bridgehead atoms. The van der Waals surface area contributed by atoms with Gasteiger partial charge in [0.1, 0.15) is 6.04 Å². The highest BCUT2D eigenvalue weighted by Crippen LogP contribution is 2.14. The molecule has 0 aliphatic heterocycles. The largest absolute Gasteiger partial charge is 0.480 e. The molecule has 1 aromatic rings. The van der Waals surface area contributed by atoms with Crippen molar-refractivity contribution in [3.05, 3.63) is 22.4 Å². The molecule has 1 heterocycles. The van der Waals surface area contributed by atoms with Crippen LogP contribution >= 0.6 is 11.3 Å². The van der Waals surface area contributed by atoms with Crippen molar-refractivity contribution in [2.24, 2.45) is 5.73 Å². The zero-order chi connectivity index (χ0) is 12.1. The first-order chi connectivity index (χ1) is 7.56. The molecule has 2 atom stereocenters. The van der Waals surface area contributed by atoms with Crippen LogP contribution in [0, 0.1) is 0 Å². The lowest BCUT2D eigenvalue weighted by atomic mass is 10.1. The lowest BCUT2D eigenvalue weighted by Crippen LogP contribution is -2.48. The maximum atomic E-state index is 11.0. The predicted molar refractivity (Wildman–Crippen MR) is 65.7 cm³/mol. The van der Waals surface area contributed by atoms with Crippen LogP contribution < -0.4 is 5.73 Å². The molecule has 16 heavy (non-hydrogen) atoms. The van der Waals surface area contributed by atoms with E-state index in [2.05, 4.69) is 6.07 Å². The van der Waals surface area contributed by atoms with Gasteiger partial charge in [0.25, 0.3) is 0 Å². The van der Waals surface area contributed by atoms with Crippen LogP contribution in [0.25, 0.3) is 0 Å². The van der Waals surface area contributed by atoms with Crippen molar-refractivity contribution in [3.63, 3.8) is 0 Å². The van der Waals surface area contributed by atoms with Crippen molar-refractivity contribution in [1.29, 1.82) is 0 Å². The Labute approximate surface area is 99.7 Å². The normalized spacial score (nSPS) is 15.0. The van der Waals surface area contributed by atoms with Crippen molar-refractivity contribution in [2.45, 2.75) is 25.4 Å². The molecule has 0 spiro atoms. The van der Waals surface area contributed by atoms with Gasteiger partial charge in [-0.3, -0.25) is 9.69 Å². The number of carboxylic acid groups (broad SMARTS) is 1. The third-order valence-electron chi connectivity index (χ3n) is 2.77. The standard InChI is InChI=1S/C11H18N2O2S/c1-8(6-9-4-3-5-16-9)13(2)10(7-12)11(14)15/h3-5,8,10H,6-7,12H2,1-2H3,(H,14,15). The van der Waals surface area contributed by atoms with E-state index in [9.17, 15) is 4.79 Å². The molecule has 4 nitrogen and oxygen atoms in total. The van der Waals surface area contributed by atoms with E-state index in [1.165, 1.54) is 4.88 Å². The third kappa shape index (κ3) is 3.30. The number of thiophene rings is 1. The summed E-state index contributed by atoms with van der Waals surface area (Å²) in [6.07, 6.45) is 0.859. The highest BCUT2D eigenvalue weighted by atomic mass is 32.1. The number of carbonyl (C=O) groups is 1. The van der Waals surface area contributed by atoms with Crippen LogP contribution in [0.15, 0.2) is 17.5 Å². The molecule has 5 heteroatoms. The van der Waals surface area contributed by atoms with Crippen LogP contribution in [0.4, 0.5) is 0 Å². The van der Waals surface area contributed by atoms with E-state index in [1.54, 1.807) is 11.3 Å². The molecule has 0 aliphatic rings. The Hall–Kier alpha value is -0.910. The molecular weight excluding hydrogens is 224 g/mol. The van der Waals surface area contributed by atoms with Crippen molar-refractivity contribution < 1.29 is 9.90 Å². The monoisotopic (exact) mass is 242 g/mol. The second kappa shape index (κ2) is 5.98. The third-order valence-corrected chi connectivity index (χ3v) is 3.67. The van der Waals surface area contributed by atoms with E-state index in [-0.39, 0.29) is 12.6 Å². The molecule has 90 valence electrons. The highest BCUT2D eigenvalue weighted by Gasteiger charge is 2.24. The Bertz CT molecular complexity index is 327. The quantitative estimate of drug-likeness (QED) is 0.781. The molecule has 3 N–H and O–H groups in total. The Kier molecular flexibility index (Phi) is 4.92. The lowest BCUT2D eigenvalue weighted by molar-refractivity contribution is -0.143. The molecule has 0 amide bonds. The van der Waals surface area contributed by atoms with Crippen molar-refractivity contribution in [1.82, 2.24) is 4.90 Å². The summed E-state index contributed by atoms with van der Waals surface area (Å²) >= 11 is 1.69. The molecule has 0 fully saturated rings. The Morgan fingerprint density at radius 1 is 1.69 bits per heavy atom. The summed E-state index contributed by atoms with van der Waals surface area (Å²) in [6.45, 7) is 2.16. The number of carboxylic acids is 1. The van der Waals surface area contributed by atoms with E-state index in [0.29, 0.717) is 0 Å². The maximum absolute atomic E-state index is 11.0. The number of nitrogens with two attached hydrogens (primary N) is 1. The maximum Gasteiger partial charge on any atom is 0.322 e. The molecule has 0 saturated carbocycles. The fourth-order valence-electron chi connectivity index (χ4n) is 1.61. The summed E-state index contributed by atoms with van der Waals surface area (Å²) in [4.78, 5) is 14.0. The van der Waals surface area contributed by atoms with Crippen molar-refractivity contribution in [2.75, 3.05) is 13.6 Å². The van der Waals surface area contributed by atoms with Gasteiger partial charge in [0.2, 0.25) is 0 Å². The second-order valence-electron chi connectivity index (χ2n) is 3.89. The van der Waals surface area contributed by atoms with Gasteiger partial charge in [0, 0.05) is 17.5 Å². The Morgan fingerprint density at radius 2 is 2.38 bits per heavy atom. The number of aliphatic carboxylic acids is 1. The van der Waals surface area contributed by atoms with E-state index in [4.69, 9.17) is 10.8 Å². The second-order valence-corrected chi connectivity index (χ2v) is 4.92. The van der Waals surface area contributed by atoms with E-state index >= 15 is 0 Å². The number of hydrogen-bond donors (Lipinski definition) is 2. The van der Waals surface area contributed by atoms with Gasteiger partial charge in [-0.1, -0.05) is 6.07 Å². The molecule has 1 rings (SSSR count). The molecule has 0 aliphatic carbocycles. The summed E-state index contributed by atoms with van der Waals surface area (Å²) in [5.41, 5.74) is 5.47. The van der Waals surface area contributed by atoms with Crippen LogP contribution in [0.2, 0.25) is 0 Å². The smallest absolute Gasteiger partial charge is 0.322 e. The van der Waals surface area contributed by atoms with Gasteiger partial charge in [-0.2, -0.15) is 0 Å². The first kappa shape index (κ1) is 13.2. The number of rotatable bonds is 6. The topological polar surface area (TPSA) is 66.6 Å². The fraction of sp³-hybridized carbons (Fsp3) is 0.545. The van der Waals surface area contributed by atoms with Crippen LogP contribution in [-0.2, 0) is 11.2 Å². The minimum atomic E-state index is -0.858. The minimum Gasteiger partial charge on any atom is -0.480 e. The summed E-state index contributed by atoms with van der Waals surface area (Å²) < 4.78 is 0. The van der Waals surface area contributed by atoms with Crippen LogP contribution in [-0.4, -0.2) is 41.7 Å². The molecule has 0 aromatic carbocycles. The molecule has 2 unspecified atom stereocenters. The van der Waals surface area contributed by atoms with Gasteiger partial charge in [-0.05, 0) is 31.8 Å². The molecular formula is C11H18N2O2S. The average Bonchev–Trinajstić information content (AvgIpc) is 2.70. The van der Waals surface area contributed by atoms with Gasteiger partial charge in [0.05, 0.1) is 0 Å². The average molecular weight is 242 g/mol. The van der Waals surface area contributed by atoms with Gasteiger partial charge in [0.15, 0.2) is 0 Å². The van der Waals surface area contributed by atoms with Crippen LogP contribution in [0.3, 0.4) is 0 Å². The van der Waals surface area contributed by atoms with Crippen molar-refractivity contribution >= 4 is 17.3 Å². The van der Waals surface area contributed by atoms with Gasteiger partial charge in [-0.25, -0.2) is 0 Å². The number of hydrogen-bond acceptors (Lipinski definition) is 4. The molecule has 1 aromatic heterocycles. The molecule has 0 radical (unpaired) electrons. The summed E-state index contributed by atoms with van der Waals surface area (Å²) in [7, 11) is 1.81. The van der Waals surface area contributed by atoms with Crippen LogP contribution in [0.5, 0.6) is 0 Å². The predicted octanol–water partition coefficient (Wildman–Crippen LogP) is 1.02. The fourth-order valence-corrected chi connectivity index (χ4v) is 2.44. The first-order valence-corrected chi connectivity index (χ1v) is 6.11. The Morgan fingerprint density at radius 3 is 2.81 bits per heavy atom. The van der Waals surface area contributed by atoms with Crippen LogP contribution in [0.1, 0.15) is 11.8 Å². The first-order valence-electron chi connectivity index (χ1n) is 5.23.